The molecule has 106 valence electrons. The number of nitrogens with zero attached hydrogens (tertiary/aromatic N) is 1. The fraction of sp³-hybridized carbons (Fsp3) is 0.389. The van der Waals surface area contributed by atoms with Crippen LogP contribution in [0.25, 0.3) is 0 Å². The lowest BCUT2D eigenvalue weighted by atomic mass is 9.87. The van der Waals surface area contributed by atoms with E-state index in [0.29, 0.717) is 12.0 Å². The minimum atomic E-state index is 0.334. The van der Waals surface area contributed by atoms with Gasteiger partial charge in [-0.1, -0.05) is 43.2 Å². The Morgan fingerprint density at radius 1 is 1.00 bits per heavy atom. The Kier molecular flexibility index (Phi) is 4.91. The second-order valence-electron chi connectivity index (χ2n) is 5.53. The van der Waals surface area contributed by atoms with Gasteiger partial charge in [0.1, 0.15) is 0 Å². The molecular formula is C18H24N2. The molecule has 0 spiro atoms. The highest BCUT2D eigenvalue weighted by atomic mass is 14.9. The number of likely N-dealkylation sites (N-methyl/N-ethyl adjacent to an activating group) is 1. The highest BCUT2D eigenvalue weighted by molar-refractivity contribution is 5.33. The minimum absolute atomic E-state index is 0.334. The predicted molar refractivity (Wildman–Crippen MR) is 85.0 cm³/mol. The summed E-state index contributed by atoms with van der Waals surface area (Å²) >= 11 is 0. The van der Waals surface area contributed by atoms with Crippen molar-refractivity contribution in [1.82, 2.24) is 10.3 Å². The molecule has 20 heavy (non-hydrogen) atoms. The zero-order valence-electron chi connectivity index (χ0n) is 12.9. The van der Waals surface area contributed by atoms with E-state index in [2.05, 4.69) is 68.3 Å². The van der Waals surface area contributed by atoms with Gasteiger partial charge in [-0.2, -0.15) is 0 Å². The van der Waals surface area contributed by atoms with Gasteiger partial charge in [-0.05, 0) is 43.7 Å². The average Bonchev–Trinajstić information content (AvgIpc) is 2.44. The highest BCUT2D eigenvalue weighted by Gasteiger charge is 2.20. The monoisotopic (exact) mass is 268 g/mol. The summed E-state index contributed by atoms with van der Waals surface area (Å²) in [6.45, 7) is 9.73. The maximum atomic E-state index is 4.11. The molecule has 0 saturated heterocycles. The van der Waals surface area contributed by atoms with Gasteiger partial charge in [0.05, 0.1) is 0 Å². The number of benzene rings is 1. The number of pyridine rings is 1. The van der Waals surface area contributed by atoms with Crippen LogP contribution in [-0.2, 0) is 0 Å². The Bertz CT molecular complexity index is 528. The number of aryl methyl sites for hydroxylation is 2. The molecule has 2 heteroatoms. The fourth-order valence-corrected chi connectivity index (χ4v) is 2.85. The molecule has 0 aliphatic heterocycles. The number of rotatable bonds is 5. The van der Waals surface area contributed by atoms with E-state index in [4.69, 9.17) is 0 Å². The largest absolute Gasteiger partial charge is 0.310 e. The third-order valence-electron chi connectivity index (χ3n) is 3.76. The molecule has 0 bridgehead atoms. The van der Waals surface area contributed by atoms with Gasteiger partial charge in [0.2, 0.25) is 0 Å². The molecule has 1 aromatic heterocycles. The third-order valence-corrected chi connectivity index (χ3v) is 3.76. The van der Waals surface area contributed by atoms with Crippen LogP contribution >= 0.6 is 0 Å². The molecule has 2 aromatic rings. The molecule has 2 nitrogen and oxygen atoms in total. The average molecular weight is 268 g/mol. The fourth-order valence-electron chi connectivity index (χ4n) is 2.85. The van der Waals surface area contributed by atoms with Crippen molar-refractivity contribution in [3.05, 3.63) is 65.0 Å². The zero-order chi connectivity index (χ0) is 14.5. The summed E-state index contributed by atoms with van der Waals surface area (Å²) in [4.78, 5) is 4.11. The van der Waals surface area contributed by atoms with Crippen molar-refractivity contribution in [3.63, 3.8) is 0 Å². The van der Waals surface area contributed by atoms with Crippen molar-refractivity contribution in [2.75, 3.05) is 6.54 Å². The molecule has 0 amide bonds. The first-order valence-corrected chi connectivity index (χ1v) is 7.33. The molecular weight excluding hydrogens is 244 g/mol. The molecule has 1 N–H and O–H groups in total. The summed E-state index contributed by atoms with van der Waals surface area (Å²) in [5.74, 6) is 0.416. The van der Waals surface area contributed by atoms with E-state index in [9.17, 15) is 0 Å². The standard InChI is InChI=1S/C18H24N2/c1-5-20-18(15(4)16-6-8-19-9-7-16)17-11-13(2)10-14(3)12-17/h6-12,15,18,20H,5H2,1-4H3. The van der Waals surface area contributed by atoms with E-state index < -0.39 is 0 Å². The Labute approximate surface area is 122 Å². The molecule has 0 aliphatic rings. The van der Waals surface area contributed by atoms with Crippen LogP contribution in [0.5, 0.6) is 0 Å². The molecule has 2 atom stereocenters. The Morgan fingerprint density at radius 2 is 1.60 bits per heavy atom. The highest BCUT2D eigenvalue weighted by Crippen LogP contribution is 2.31. The van der Waals surface area contributed by atoms with Crippen molar-refractivity contribution >= 4 is 0 Å². The molecule has 1 aromatic carbocycles. The number of nitrogens with one attached hydrogen (secondary N) is 1. The van der Waals surface area contributed by atoms with Crippen molar-refractivity contribution in [2.45, 2.75) is 39.7 Å². The van der Waals surface area contributed by atoms with Crippen LogP contribution in [0.3, 0.4) is 0 Å². The second-order valence-corrected chi connectivity index (χ2v) is 5.53. The molecule has 1 heterocycles. The van der Waals surface area contributed by atoms with Crippen molar-refractivity contribution < 1.29 is 0 Å². The topological polar surface area (TPSA) is 24.9 Å². The maximum Gasteiger partial charge on any atom is 0.0386 e. The van der Waals surface area contributed by atoms with E-state index in [0.717, 1.165) is 6.54 Å². The normalized spacial score (nSPS) is 14.0. The van der Waals surface area contributed by atoms with Crippen LogP contribution in [0.2, 0.25) is 0 Å². The molecule has 0 saturated carbocycles. The van der Waals surface area contributed by atoms with E-state index >= 15 is 0 Å². The summed E-state index contributed by atoms with van der Waals surface area (Å²) in [6.07, 6.45) is 3.74. The first kappa shape index (κ1) is 14.7. The van der Waals surface area contributed by atoms with Crippen LogP contribution < -0.4 is 5.32 Å². The summed E-state index contributed by atoms with van der Waals surface area (Å²) < 4.78 is 0. The lowest BCUT2D eigenvalue weighted by molar-refractivity contribution is 0.478. The van der Waals surface area contributed by atoms with Crippen molar-refractivity contribution in [2.24, 2.45) is 0 Å². The van der Waals surface area contributed by atoms with Gasteiger partial charge in [-0.25, -0.2) is 0 Å². The lowest BCUT2D eigenvalue weighted by Gasteiger charge is -2.26. The molecule has 2 rings (SSSR count). The predicted octanol–water partition coefficient (Wildman–Crippen LogP) is 4.15. The number of hydrogen-bond donors (Lipinski definition) is 1. The third kappa shape index (κ3) is 3.45. The van der Waals surface area contributed by atoms with Crippen molar-refractivity contribution in [1.29, 1.82) is 0 Å². The number of hydrogen-bond acceptors (Lipinski definition) is 2. The van der Waals surface area contributed by atoms with Gasteiger partial charge >= 0.3 is 0 Å². The first-order valence-electron chi connectivity index (χ1n) is 7.33. The van der Waals surface area contributed by atoms with E-state index in [1.807, 2.05) is 12.4 Å². The maximum absolute atomic E-state index is 4.11. The van der Waals surface area contributed by atoms with Crippen LogP contribution in [0.4, 0.5) is 0 Å². The van der Waals surface area contributed by atoms with E-state index in [1.54, 1.807) is 0 Å². The zero-order valence-corrected chi connectivity index (χ0v) is 12.9. The summed E-state index contributed by atoms with van der Waals surface area (Å²) in [5.41, 5.74) is 5.34. The summed E-state index contributed by atoms with van der Waals surface area (Å²) in [7, 11) is 0. The quantitative estimate of drug-likeness (QED) is 0.881. The number of aromatic nitrogens is 1. The summed E-state index contributed by atoms with van der Waals surface area (Å²) in [5, 5.41) is 3.63. The van der Waals surface area contributed by atoms with E-state index in [1.165, 1.54) is 22.3 Å². The molecule has 0 fully saturated rings. The smallest absolute Gasteiger partial charge is 0.0386 e. The Hall–Kier alpha value is -1.67. The van der Waals surface area contributed by atoms with Gasteiger partial charge in [-0.3, -0.25) is 4.98 Å². The van der Waals surface area contributed by atoms with Crippen LogP contribution in [0.15, 0.2) is 42.7 Å². The molecule has 0 aliphatic carbocycles. The summed E-state index contributed by atoms with van der Waals surface area (Å²) in [6, 6.07) is 11.4. The van der Waals surface area contributed by atoms with Crippen LogP contribution in [0.1, 0.15) is 48.1 Å². The van der Waals surface area contributed by atoms with E-state index in [-0.39, 0.29) is 0 Å². The molecule has 0 radical (unpaired) electrons. The molecule has 2 unspecified atom stereocenters. The van der Waals surface area contributed by atoms with Crippen LogP contribution in [-0.4, -0.2) is 11.5 Å². The Morgan fingerprint density at radius 3 is 2.15 bits per heavy atom. The Balaban J connectivity index is 2.35. The van der Waals surface area contributed by atoms with Gasteiger partial charge < -0.3 is 5.32 Å². The first-order chi connectivity index (χ1) is 9.61. The van der Waals surface area contributed by atoms with Crippen molar-refractivity contribution in [3.8, 4) is 0 Å². The minimum Gasteiger partial charge on any atom is -0.310 e. The van der Waals surface area contributed by atoms with Gasteiger partial charge in [0.15, 0.2) is 0 Å². The van der Waals surface area contributed by atoms with Crippen LogP contribution in [0, 0.1) is 13.8 Å². The lowest BCUT2D eigenvalue weighted by Crippen LogP contribution is -2.26. The van der Waals surface area contributed by atoms with Gasteiger partial charge in [0, 0.05) is 24.4 Å². The second kappa shape index (κ2) is 6.67. The SMILES string of the molecule is CCNC(c1cc(C)cc(C)c1)C(C)c1ccncc1. The van der Waals surface area contributed by atoms with Gasteiger partial charge in [0.25, 0.3) is 0 Å². The van der Waals surface area contributed by atoms with Gasteiger partial charge in [-0.15, -0.1) is 0 Å².